The minimum absolute atomic E-state index is 0.0849. The number of amides is 1. The van der Waals surface area contributed by atoms with Crippen molar-refractivity contribution in [3.63, 3.8) is 0 Å². The summed E-state index contributed by atoms with van der Waals surface area (Å²) in [5.74, 6) is 0.523. The molecule has 0 N–H and O–H groups in total. The number of rotatable bonds is 4. The number of carbonyl (C=O) groups excluding carboxylic acids is 1. The van der Waals surface area contributed by atoms with Crippen molar-refractivity contribution in [1.29, 1.82) is 0 Å². The quantitative estimate of drug-likeness (QED) is 0.686. The first-order chi connectivity index (χ1) is 13.2. The standard InChI is InChI=1S/C21H20ClN3O2/c22-18-9-5-4-8-17(18)15-24-10-12-25(13-11-24)21(26)19-14-20(27-23-19)16-6-2-1-3-7-16/h1-9,14H,10-13,15H2. The van der Waals surface area contributed by atoms with Gasteiger partial charge in [-0.25, -0.2) is 0 Å². The highest BCUT2D eigenvalue weighted by molar-refractivity contribution is 6.31. The molecule has 0 saturated carbocycles. The molecule has 2 aromatic carbocycles. The molecule has 6 heteroatoms. The maximum absolute atomic E-state index is 12.7. The van der Waals surface area contributed by atoms with E-state index >= 15 is 0 Å². The van der Waals surface area contributed by atoms with Gasteiger partial charge in [0.25, 0.3) is 5.91 Å². The van der Waals surface area contributed by atoms with Crippen LogP contribution >= 0.6 is 11.6 Å². The number of benzene rings is 2. The van der Waals surface area contributed by atoms with E-state index in [1.54, 1.807) is 6.07 Å². The molecule has 1 amide bonds. The van der Waals surface area contributed by atoms with Crippen LogP contribution in [0.5, 0.6) is 0 Å². The SMILES string of the molecule is O=C(c1cc(-c2ccccc2)on1)N1CCN(Cc2ccccc2Cl)CC1. The lowest BCUT2D eigenvalue weighted by Gasteiger charge is -2.34. The van der Waals surface area contributed by atoms with Crippen molar-refractivity contribution >= 4 is 17.5 Å². The van der Waals surface area contributed by atoms with Crippen molar-refractivity contribution in [2.24, 2.45) is 0 Å². The molecule has 0 bridgehead atoms. The Hall–Kier alpha value is -2.63. The summed E-state index contributed by atoms with van der Waals surface area (Å²) < 4.78 is 5.35. The van der Waals surface area contributed by atoms with Gasteiger partial charge in [-0.05, 0) is 11.6 Å². The molecule has 1 aromatic heterocycles. The number of carbonyl (C=O) groups is 1. The molecule has 1 aliphatic rings. The highest BCUT2D eigenvalue weighted by Crippen LogP contribution is 2.21. The van der Waals surface area contributed by atoms with Gasteiger partial charge in [-0.15, -0.1) is 0 Å². The summed E-state index contributed by atoms with van der Waals surface area (Å²) in [4.78, 5) is 16.9. The van der Waals surface area contributed by atoms with Gasteiger partial charge in [0.15, 0.2) is 11.5 Å². The van der Waals surface area contributed by atoms with E-state index in [2.05, 4.69) is 10.1 Å². The number of hydrogen-bond donors (Lipinski definition) is 0. The molecule has 0 radical (unpaired) electrons. The Morgan fingerprint density at radius 2 is 1.70 bits per heavy atom. The van der Waals surface area contributed by atoms with Crippen molar-refractivity contribution < 1.29 is 9.32 Å². The predicted octanol–water partition coefficient (Wildman–Crippen LogP) is 3.95. The second-order valence-electron chi connectivity index (χ2n) is 6.60. The lowest BCUT2D eigenvalue weighted by molar-refractivity contribution is 0.0618. The van der Waals surface area contributed by atoms with Crippen molar-refractivity contribution in [1.82, 2.24) is 15.0 Å². The molecule has 138 valence electrons. The van der Waals surface area contributed by atoms with Crippen LogP contribution < -0.4 is 0 Å². The first-order valence-electron chi connectivity index (χ1n) is 8.98. The largest absolute Gasteiger partial charge is 0.355 e. The van der Waals surface area contributed by atoms with Gasteiger partial charge >= 0.3 is 0 Å². The maximum Gasteiger partial charge on any atom is 0.276 e. The molecule has 2 heterocycles. The Kier molecular flexibility index (Phi) is 5.23. The Bertz CT molecular complexity index is 918. The maximum atomic E-state index is 12.7. The van der Waals surface area contributed by atoms with Crippen LogP contribution in [0.4, 0.5) is 0 Å². The van der Waals surface area contributed by atoms with E-state index in [0.717, 1.165) is 35.8 Å². The first-order valence-corrected chi connectivity index (χ1v) is 9.36. The molecule has 3 aromatic rings. The molecule has 27 heavy (non-hydrogen) atoms. The molecular weight excluding hydrogens is 362 g/mol. The van der Waals surface area contributed by atoms with Crippen LogP contribution in [0.2, 0.25) is 5.02 Å². The van der Waals surface area contributed by atoms with Crippen LogP contribution in [0, 0.1) is 0 Å². The van der Waals surface area contributed by atoms with Gasteiger partial charge in [-0.3, -0.25) is 9.69 Å². The molecule has 4 rings (SSSR count). The van der Waals surface area contributed by atoms with E-state index in [-0.39, 0.29) is 5.91 Å². The summed E-state index contributed by atoms with van der Waals surface area (Å²) in [6, 6.07) is 19.3. The number of aromatic nitrogens is 1. The number of nitrogens with zero attached hydrogens (tertiary/aromatic N) is 3. The van der Waals surface area contributed by atoms with Gasteiger partial charge < -0.3 is 9.42 Å². The number of halogens is 1. The Balaban J connectivity index is 1.36. The Morgan fingerprint density at radius 1 is 1.00 bits per heavy atom. The van der Waals surface area contributed by atoms with Crippen LogP contribution in [0.25, 0.3) is 11.3 Å². The van der Waals surface area contributed by atoms with Crippen molar-refractivity contribution in [3.8, 4) is 11.3 Å². The number of hydrogen-bond acceptors (Lipinski definition) is 4. The summed E-state index contributed by atoms with van der Waals surface area (Å²) in [6.07, 6.45) is 0. The molecule has 1 fully saturated rings. The van der Waals surface area contributed by atoms with E-state index in [0.29, 0.717) is 24.5 Å². The average molecular weight is 382 g/mol. The van der Waals surface area contributed by atoms with Gasteiger partial charge in [0, 0.05) is 49.4 Å². The van der Waals surface area contributed by atoms with Gasteiger partial charge in [0.1, 0.15) is 0 Å². The van der Waals surface area contributed by atoms with Crippen LogP contribution in [-0.2, 0) is 6.54 Å². The molecule has 1 saturated heterocycles. The highest BCUT2D eigenvalue weighted by atomic mass is 35.5. The van der Waals surface area contributed by atoms with E-state index in [1.807, 2.05) is 59.5 Å². The van der Waals surface area contributed by atoms with Crippen LogP contribution in [0.1, 0.15) is 16.1 Å². The lowest BCUT2D eigenvalue weighted by Crippen LogP contribution is -2.48. The fourth-order valence-corrected chi connectivity index (χ4v) is 3.45. The topological polar surface area (TPSA) is 49.6 Å². The Labute approximate surface area is 163 Å². The normalized spacial score (nSPS) is 15.1. The third kappa shape index (κ3) is 4.04. The summed E-state index contributed by atoms with van der Waals surface area (Å²) in [6.45, 7) is 3.73. The fraction of sp³-hybridized carbons (Fsp3) is 0.238. The monoisotopic (exact) mass is 381 g/mol. The minimum Gasteiger partial charge on any atom is -0.355 e. The second-order valence-corrected chi connectivity index (χ2v) is 7.01. The van der Waals surface area contributed by atoms with E-state index in [9.17, 15) is 4.79 Å². The second kappa shape index (κ2) is 7.94. The van der Waals surface area contributed by atoms with Crippen molar-refractivity contribution in [2.45, 2.75) is 6.54 Å². The molecule has 0 atom stereocenters. The average Bonchev–Trinajstić information content (AvgIpc) is 3.21. The molecule has 1 aliphatic heterocycles. The summed E-state index contributed by atoms with van der Waals surface area (Å²) >= 11 is 6.25. The molecular formula is C21H20ClN3O2. The van der Waals surface area contributed by atoms with Gasteiger partial charge in [-0.1, -0.05) is 65.3 Å². The smallest absolute Gasteiger partial charge is 0.276 e. The predicted molar refractivity (Wildman–Crippen MR) is 105 cm³/mol. The van der Waals surface area contributed by atoms with Crippen LogP contribution in [0.3, 0.4) is 0 Å². The van der Waals surface area contributed by atoms with Crippen LogP contribution in [0.15, 0.2) is 65.2 Å². The van der Waals surface area contributed by atoms with Gasteiger partial charge in [0.05, 0.1) is 0 Å². The third-order valence-corrected chi connectivity index (χ3v) is 5.17. The number of piperazine rings is 1. The molecule has 0 aliphatic carbocycles. The molecule has 0 spiro atoms. The Morgan fingerprint density at radius 3 is 2.44 bits per heavy atom. The van der Waals surface area contributed by atoms with Crippen molar-refractivity contribution in [2.75, 3.05) is 26.2 Å². The van der Waals surface area contributed by atoms with E-state index in [4.69, 9.17) is 16.1 Å². The first kappa shape index (κ1) is 17.8. The zero-order valence-corrected chi connectivity index (χ0v) is 15.6. The van der Waals surface area contributed by atoms with Crippen LogP contribution in [-0.4, -0.2) is 47.0 Å². The third-order valence-electron chi connectivity index (χ3n) is 4.80. The van der Waals surface area contributed by atoms with Gasteiger partial charge in [-0.2, -0.15) is 0 Å². The fourth-order valence-electron chi connectivity index (χ4n) is 3.25. The van der Waals surface area contributed by atoms with E-state index < -0.39 is 0 Å². The summed E-state index contributed by atoms with van der Waals surface area (Å²) in [7, 11) is 0. The molecule has 5 nitrogen and oxygen atoms in total. The summed E-state index contributed by atoms with van der Waals surface area (Å²) in [5.41, 5.74) is 2.38. The van der Waals surface area contributed by atoms with Gasteiger partial charge in [0.2, 0.25) is 0 Å². The molecule has 0 unspecified atom stereocenters. The lowest BCUT2D eigenvalue weighted by atomic mass is 10.1. The highest BCUT2D eigenvalue weighted by Gasteiger charge is 2.25. The van der Waals surface area contributed by atoms with E-state index in [1.165, 1.54) is 0 Å². The zero-order valence-electron chi connectivity index (χ0n) is 14.8. The van der Waals surface area contributed by atoms with Crippen molar-refractivity contribution in [3.05, 3.63) is 76.9 Å². The zero-order chi connectivity index (χ0) is 18.6. The minimum atomic E-state index is -0.0849. The summed E-state index contributed by atoms with van der Waals surface area (Å²) in [5, 5.41) is 4.75.